The molecule has 0 radical (unpaired) electrons. The number of nitrogens with zero attached hydrogens (tertiary/aromatic N) is 5. The van der Waals surface area contributed by atoms with Crippen molar-refractivity contribution in [3.63, 3.8) is 0 Å². The van der Waals surface area contributed by atoms with Gasteiger partial charge in [-0.05, 0) is 36.4 Å². The Labute approximate surface area is 170 Å². The second-order valence-electron chi connectivity index (χ2n) is 6.75. The molecule has 0 aliphatic rings. The van der Waals surface area contributed by atoms with Gasteiger partial charge in [0, 0.05) is 24.9 Å². The van der Waals surface area contributed by atoms with Crippen LogP contribution in [0.4, 0.5) is 0 Å². The van der Waals surface area contributed by atoms with Crippen LogP contribution < -0.4 is 5.56 Å². The molecule has 144 valence electrons. The Balaban J connectivity index is 1.60. The van der Waals surface area contributed by atoms with E-state index < -0.39 is 0 Å². The Morgan fingerprint density at radius 3 is 2.62 bits per heavy atom. The van der Waals surface area contributed by atoms with Crippen molar-refractivity contribution in [1.29, 1.82) is 0 Å². The summed E-state index contributed by atoms with van der Waals surface area (Å²) < 4.78 is 9.14. The highest BCUT2D eigenvalue weighted by molar-refractivity contribution is 6.30. The van der Waals surface area contributed by atoms with Gasteiger partial charge in [0.1, 0.15) is 11.3 Å². The van der Waals surface area contributed by atoms with E-state index >= 15 is 0 Å². The summed E-state index contributed by atoms with van der Waals surface area (Å²) in [5, 5.41) is 0.599. The minimum atomic E-state index is -0.217. The average Bonchev–Trinajstić information content (AvgIpc) is 3.31. The molecule has 0 saturated heterocycles. The number of hydrogen-bond acceptors (Lipinski definition) is 5. The summed E-state index contributed by atoms with van der Waals surface area (Å²) in [7, 11) is 1.82. The number of aromatic nitrogens is 5. The van der Waals surface area contributed by atoms with Gasteiger partial charge in [0.15, 0.2) is 22.6 Å². The average molecular weight is 406 g/mol. The number of aryl methyl sites for hydroxylation is 3. The number of imidazole rings is 1. The zero-order valence-corrected chi connectivity index (χ0v) is 16.3. The van der Waals surface area contributed by atoms with Crippen molar-refractivity contribution in [2.75, 3.05) is 0 Å². The summed E-state index contributed by atoms with van der Waals surface area (Å²) in [5.74, 6) is 1.21. The van der Waals surface area contributed by atoms with Crippen molar-refractivity contribution in [3.8, 4) is 5.69 Å². The highest BCUT2D eigenvalue weighted by Crippen LogP contribution is 2.19. The van der Waals surface area contributed by atoms with E-state index in [4.69, 9.17) is 21.0 Å². The Morgan fingerprint density at radius 2 is 1.83 bits per heavy atom. The fraction of sp³-hybridized carbons (Fsp3) is 0.143. The van der Waals surface area contributed by atoms with Gasteiger partial charge in [-0.1, -0.05) is 23.7 Å². The monoisotopic (exact) mass is 405 g/mol. The molecule has 0 N–H and O–H groups in total. The zero-order chi connectivity index (χ0) is 20.0. The molecule has 0 spiro atoms. The third-order valence-electron chi connectivity index (χ3n) is 4.79. The second kappa shape index (κ2) is 6.86. The molecule has 0 amide bonds. The lowest BCUT2D eigenvalue weighted by Crippen LogP contribution is -2.24. The van der Waals surface area contributed by atoms with Crippen molar-refractivity contribution < 1.29 is 4.42 Å². The van der Waals surface area contributed by atoms with Gasteiger partial charge in [0.05, 0.1) is 12.0 Å². The molecule has 5 rings (SSSR count). The second-order valence-corrected chi connectivity index (χ2v) is 7.18. The fourth-order valence-electron chi connectivity index (χ4n) is 3.37. The van der Waals surface area contributed by atoms with E-state index in [1.54, 1.807) is 39.7 Å². The van der Waals surface area contributed by atoms with Crippen LogP contribution >= 0.6 is 11.6 Å². The summed E-state index contributed by atoms with van der Waals surface area (Å²) >= 11 is 6.02. The third-order valence-corrected chi connectivity index (χ3v) is 5.04. The lowest BCUT2D eigenvalue weighted by atomic mass is 10.2. The molecule has 2 aromatic carbocycles. The molecule has 29 heavy (non-hydrogen) atoms. The minimum Gasteiger partial charge on any atom is -0.441 e. The summed E-state index contributed by atoms with van der Waals surface area (Å²) in [4.78, 5) is 26.6. The maximum atomic E-state index is 13.2. The van der Waals surface area contributed by atoms with E-state index in [0.717, 1.165) is 11.1 Å². The van der Waals surface area contributed by atoms with Crippen molar-refractivity contribution >= 4 is 33.9 Å². The van der Waals surface area contributed by atoms with E-state index in [-0.39, 0.29) is 5.56 Å². The van der Waals surface area contributed by atoms with Crippen molar-refractivity contribution in [1.82, 2.24) is 24.1 Å². The van der Waals surface area contributed by atoms with Crippen LogP contribution in [-0.4, -0.2) is 24.1 Å². The molecular formula is C21H16ClN5O2. The van der Waals surface area contributed by atoms with Crippen LogP contribution in [0.2, 0.25) is 5.02 Å². The maximum absolute atomic E-state index is 13.2. The fourth-order valence-corrected chi connectivity index (χ4v) is 3.50. The molecule has 3 heterocycles. The van der Waals surface area contributed by atoms with Crippen LogP contribution in [0.15, 0.2) is 64.1 Å². The van der Waals surface area contributed by atoms with Crippen molar-refractivity contribution in [3.05, 3.63) is 81.9 Å². The summed E-state index contributed by atoms with van der Waals surface area (Å²) in [5.41, 5.74) is 2.90. The van der Waals surface area contributed by atoms with E-state index in [1.807, 2.05) is 31.3 Å². The number of para-hydroxylation sites is 2. The predicted octanol–water partition coefficient (Wildman–Crippen LogP) is 3.70. The number of benzene rings is 2. The Hall–Kier alpha value is -3.45. The Kier molecular flexibility index (Phi) is 4.17. The molecule has 7 nitrogen and oxygen atoms in total. The molecule has 0 saturated carbocycles. The smallest absolute Gasteiger partial charge is 0.286 e. The molecule has 0 unspecified atom stereocenters. The molecule has 0 aliphatic heterocycles. The lowest BCUT2D eigenvalue weighted by molar-refractivity contribution is 0.523. The van der Waals surface area contributed by atoms with Gasteiger partial charge in [0.25, 0.3) is 5.56 Å². The minimum absolute atomic E-state index is 0.217. The van der Waals surface area contributed by atoms with Crippen molar-refractivity contribution in [2.45, 2.75) is 12.8 Å². The van der Waals surface area contributed by atoms with Crippen LogP contribution in [0.1, 0.15) is 11.7 Å². The molecule has 3 aromatic heterocycles. The Morgan fingerprint density at radius 1 is 1.03 bits per heavy atom. The van der Waals surface area contributed by atoms with Gasteiger partial charge < -0.3 is 8.98 Å². The SMILES string of the molecule is Cn1cnc2c(=O)n(-c3ccc(Cl)cc3)c(CCc3nc4ccccc4o3)nc21. The first kappa shape index (κ1) is 17.6. The maximum Gasteiger partial charge on any atom is 0.286 e. The topological polar surface area (TPSA) is 78.7 Å². The van der Waals surface area contributed by atoms with E-state index in [9.17, 15) is 4.79 Å². The van der Waals surface area contributed by atoms with Crippen LogP contribution in [-0.2, 0) is 19.9 Å². The summed E-state index contributed by atoms with van der Waals surface area (Å²) in [6, 6.07) is 14.7. The van der Waals surface area contributed by atoms with Crippen LogP contribution in [0.25, 0.3) is 28.0 Å². The number of fused-ring (bicyclic) bond motifs is 2. The third kappa shape index (κ3) is 3.09. The quantitative estimate of drug-likeness (QED) is 0.455. The zero-order valence-electron chi connectivity index (χ0n) is 15.5. The van der Waals surface area contributed by atoms with Gasteiger partial charge in [-0.25, -0.2) is 15.0 Å². The van der Waals surface area contributed by atoms with Gasteiger partial charge in [-0.2, -0.15) is 0 Å². The molecule has 5 aromatic rings. The molecular weight excluding hydrogens is 390 g/mol. The highest BCUT2D eigenvalue weighted by Gasteiger charge is 2.17. The van der Waals surface area contributed by atoms with Gasteiger partial charge in [0.2, 0.25) is 0 Å². The normalized spacial score (nSPS) is 11.5. The largest absolute Gasteiger partial charge is 0.441 e. The van der Waals surface area contributed by atoms with E-state index in [2.05, 4.69) is 9.97 Å². The van der Waals surface area contributed by atoms with E-state index in [1.165, 1.54) is 0 Å². The number of oxazole rings is 1. The van der Waals surface area contributed by atoms with Crippen LogP contribution in [0.3, 0.4) is 0 Å². The number of rotatable bonds is 4. The van der Waals surface area contributed by atoms with Gasteiger partial charge in [-0.15, -0.1) is 0 Å². The number of halogens is 1. The standard InChI is InChI=1S/C21H16ClN5O2/c1-26-12-23-19-20(26)25-17(27(21(19)28)14-8-6-13(22)7-9-14)10-11-18-24-15-4-2-3-5-16(15)29-18/h2-9,12H,10-11H2,1H3. The summed E-state index contributed by atoms with van der Waals surface area (Å²) in [6.45, 7) is 0. The van der Waals surface area contributed by atoms with Gasteiger partial charge in [-0.3, -0.25) is 9.36 Å². The molecule has 0 aliphatic carbocycles. The highest BCUT2D eigenvalue weighted by atomic mass is 35.5. The molecule has 0 bridgehead atoms. The molecule has 0 fully saturated rings. The van der Waals surface area contributed by atoms with Gasteiger partial charge >= 0.3 is 0 Å². The lowest BCUT2D eigenvalue weighted by Gasteiger charge is -2.12. The molecule has 0 atom stereocenters. The first-order chi connectivity index (χ1) is 14.1. The molecule has 8 heteroatoms. The summed E-state index contributed by atoms with van der Waals surface area (Å²) in [6.07, 6.45) is 2.58. The first-order valence-corrected chi connectivity index (χ1v) is 9.51. The van der Waals surface area contributed by atoms with Crippen molar-refractivity contribution in [2.24, 2.45) is 7.05 Å². The first-order valence-electron chi connectivity index (χ1n) is 9.13. The predicted molar refractivity (Wildman–Crippen MR) is 111 cm³/mol. The number of hydrogen-bond donors (Lipinski definition) is 0. The van der Waals surface area contributed by atoms with Crippen LogP contribution in [0.5, 0.6) is 0 Å². The van der Waals surface area contributed by atoms with Crippen LogP contribution in [0, 0.1) is 0 Å². The Bertz CT molecular complexity index is 1370. The van der Waals surface area contributed by atoms with E-state index in [0.29, 0.717) is 46.4 Å².